The van der Waals surface area contributed by atoms with E-state index in [-0.39, 0.29) is 6.04 Å². The van der Waals surface area contributed by atoms with Gasteiger partial charge in [-0.1, -0.05) is 57.9 Å². The zero-order valence-corrected chi connectivity index (χ0v) is 17.0. The van der Waals surface area contributed by atoms with E-state index in [9.17, 15) is 4.79 Å². The maximum absolute atomic E-state index is 10.8. The van der Waals surface area contributed by atoms with Gasteiger partial charge in [0.15, 0.2) is 5.58 Å². The number of amides is 1. The molecule has 1 unspecified atom stereocenters. The molecule has 1 aromatic heterocycles. The molecule has 0 aliphatic carbocycles. The number of carboxylic acid groups (broad SMARTS) is 1. The van der Waals surface area contributed by atoms with Gasteiger partial charge in [0, 0.05) is 13.1 Å². The molecule has 28 heavy (non-hydrogen) atoms. The molecule has 6 nitrogen and oxygen atoms in total. The Kier molecular flexibility index (Phi) is 7.57. The van der Waals surface area contributed by atoms with Gasteiger partial charge in [-0.3, -0.25) is 0 Å². The molecule has 2 aromatic rings. The summed E-state index contributed by atoms with van der Waals surface area (Å²) in [5.74, 6) is 0. The molecule has 6 heteroatoms. The first-order chi connectivity index (χ1) is 13.7. The third-order valence-electron chi connectivity index (χ3n) is 5.55. The van der Waals surface area contributed by atoms with Gasteiger partial charge in [0.2, 0.25) is 0 Å². The van der Waals surface area contributed by atoms with Crippen LogP contribution in [0, 0.1) is 0 Å². The van der Waals surface area contributed by atoms with Crippen LogP contribution in [0.15, 0.2) is 22.6 Å². The first-order valence-electron chi connectivity index (χ1n) is 10.8. The minimum atomic E-state index is -0.977. The topological polar surface area (TPSA) is 78.6 Å². The van der Waals surface area contributed by atoms with Gasteiger partial charge >= 0.3 is 6.09 Å². The third-order valence-corrected chi connectivity index (χ3v) is 5.55. The van der Waals surface area contributed by atoms with Crippen LogP contribution in [0.3, 0.4) is 0 Å². The Hall–Kier alpha value is -2.24. The van der Waals surface area contributed by atoms with Crippen molar-refractivity contribution in [3.8, 4) is 0 Å². The lowest BCUT2D eigenvalue weighted by atomic mass is 10.0. The van der Waals surface area contributed by atoms with Crippen molar-refractivity contribution in [3.05, 3.63) is 23.8 Å². The van der Waals surface area contributed by atoms with Gasteiger partial charge in [0.1, 0.15) is 5.52 Å². The summed E-state index contributed by atoms with van der Waals surface area (Å²) in [4.78, 5) is 17.4. The molecule has 1 atom stereocenters. The van der Waals surface area contributed by atoms with Crippen LogP contribution in [0.4, 0.5) is 10.8 Å². The number of aromatic nitrogens is 1. The van der Waals surface area contributed by atoms with E-state index in [1.165, 1.54) is 56.9 Å². The van der Waals surface area contributed by atoms with Crippen molar-refractivity contribution in [2.24, 2.45) is 0 Å². The average Bonchev–Trinajstić information content (AvgIpc) is 3.29. The summed E-state index contributed by atoms with van der Waals surface area (Å²) in [5.41, 5.74) is 2.99. The number of hydrogen-bond donors (Lipinski definition) is 2. The minimum Gasteiger partial charge on any atom is -0.465 e. The highest BCUT2D eigenvalue weighted by molar-refractivity contribution is 5.75. The Balaban J connectivity index is 1.46. The smallest absolute Gasteiger partial charge is 0.404 e. The normalized spacial score (nSPS) is 16.8. The number of rotatable bonds is 11. The number of oxazole rings is 1. The van der Waals surface area contributed by atoms with Crippen LogP contribution >= 0.6 is 0 Å². The summed E-state index contributed by atoms with van der Waals surface area (Å²) < 4.78 is 5.97. The predicted octanol–water partition coefficient (Wildman–Crippen LogP) is 5.36. The molecule has 1 aliphatic rings. The molecule has 1 fully saturated rings. The molecule has 3 rings (SSSR count). The molecule has 0 spiro atoms. The van der Waals surface area contributed by atoms with Crippen molar-refractivity contribution in [1.29, 1.82) is 0 Å². The number of nitrogens with zero attached hydrogens (tertiary/aromatic N) is 2. The standard InChI is InChI=1S/C22H33N3O3/c1-2-3-4-5-6-7-8-9-10-17-11-12-19-20(15-17)28-21(24-19)25-14-13-18(16-25)23-22(26)27/h11-12,15,18,23H,2-10,13-14,16H2,1H3,(H,26,27). The highest BCUT2D eigenvalue weighted by Gasteiger charge is 2.27. The number of unbranched alkanes of at least 4 members (excludes halogenated alkanes) is 7. The first-order valence-corrected chi connectivity index (χ1v) is 10.8. The molecule has 0 radical (unpaired) electrons. The van der Waals surface area contributed by atoms with E-state index in [4.69, 9.17) is 9.52 Å². The molecule has 0 bridgehead atoms. The fourth-order valence-electron chi connectivity index (χ4n) is 3.94. The molecule has 2 heterocycles. The van der Waals surface area contributed by atoms with Crippen molar-refractivity contribution in [3.63, 3.8) is 0 Å². The number of nitrogens with one attached hydrogen (secondary N) is 1. The second kappa shape index (κ2) is 10.3. The number of carbonyl (C=O) groups is 1. The second-order valence-electron chi connectivity index (χ2n) is 7.90. The van der Waals surface area contributed by atoms with E-state index in [1.54, 1.807) is 0 Å². The van der Waals surface area contributed by atoms with Crippen LogP contribution in [0.2, 0.25) is 0 Å². The summed E-state index contributed by atoms with van der Waals surface area (Å²) in [6, 6.07) is 6.81. The highest BCUT2D eigenvalue weighted by Crippen LogP contribution is 2.26. The molecule has 2 N–H and O–H groups in total. The lowest BCUT2D eigenvalue weighted by Crippen LogP contribution is -2.36. The largest absolute Gasteiger partial charge is 0.465 e. The lowest BCUT2D eigenvalue weighted by molar-refractivity contribution is 0.191. The van der Waals surface area contributed by atoms with E-state index in [0.29, 0.717) is 12.6 Å². The van der Waals surface area contributed by atoms with Crippen molar-refractivity contribution in [2.45, 2.75) is 77.2 Å². The Morgan fingerprint density at radius 2 is 1.96 bits per heavy atom. The minimum absolute atomic E-state index is 0.0648. The lowest BCUT2D eigenvalue weighted by Gasteiger charge is -2.13. The Bertz CT molecular complexity index is 759. The second-order valence-corrected chi connectivity index (χ2v) is 7.90. The van der Waals surface area contributed by atoms with Crippen molar-refractivity contribution in [2.75, 3.05) is 18.0 Å². The number of fused-ring (bicyclic) bond motifs is 1. The number of aryl methyl sites for hydroxylation is 1. The summed E-state index contributed by atoms with van der Waals surface area (Å²) in [6.45, 7) is 3.61. The SMILES string of the molecule is CCCCCCCCCCc1ccc2nc(N3CCC(NC(=O)O)C3)oc2c1. The van der Waals surface area contributed by atoms with Crippen LogP contribution in [-0.2, 0) is 6.42 Å². The van der Waals surface area contributed by atoms with E-state index in [0.717, 1.165) is 30.5 Å². The van der Waals surface area contributed by atoms with Gasteiger partial charge in [-0.05, 0) is 37.0 Å². The Labute approximate surface area is 167 Å². The van der Waals surface area contributed by atoms with Crippen molar-refractivity contribution < 1.29 is 14.3 Å². The molecule has 1 aliphatic heterocycles. The van der Waals surface area contributed by atoms with Gasteiger partial charge < -0.3 is 19.7 Å². The summed E-state index contributed by atoms with van der Waals surface area (Å²) in [5, 5.41) is 11.4. The van der Waals surface area contributed by atoms with Crippen molar-refractivity contribution >= 4 is 23.2 Å². The molecule has 154 valence electrons. The number of benzene rings is 1. The monoisotopic (exact) mass is 387 g/mol. The average molecular weight is 388 g/mol. The maximum Gasteiger partial charge on any atom is 0.404 e. The van der Waals surface area contributed by atoms with Crippen LogP contribution in [0.5, 0.6) is 0 Å². The summed E-state index contributed by atoms with van der Waals surface area (Å²) in [6.07, 6.45) is 11.5. The molecular weight excluding hydrogens is 354 g/mol. The summed E-state index contributed by atoms with van der Waals surface area (Å²) in [7, 11) is 0. The molecule has 1 aromatic carbocycles. The predicted molar refractivity (Wildman–Crippen MR) is 112 cm³/mol. The maximum atomic E-state index is 10.8. The van der Waals surface area contributed by atoms with Gasteiger partial charge in [0.25, 0.3) is 6.01 Å². The summed E-state index contributed by atoms with van der Waals surface area (Å²) >= 11 is 0. The molecule has 1 amide bonds. The zero-order valence-electron chi connectivity index (χ0n) is 17.0. The van der Waals surface area contributed by atoms with Crippen LogP contribution < -0.4 is 10.2 Å². The zero-order chi connectivity index (χ0) is 19.8. The van der Waals surface area contributed by atoms with Gasteiger partial charge in [-0.2, -0.15) is 4.98 Å². The first kappa shape index (κ1) is 20.5. The van der Waals surface area contributed by atoms with Gasteiger partial charge in [-0.15, -0.1) is 0 Å². The van der Waals surface area contributed by atoms with Crippen LogP contribution in [0.25, 0.3) is 11.1 Å². The van der Waals surface area contributed by atoms with Crippen molar-refractivity contribution in [1.82, 2.24) is 10.3 Å². The van der Waals surface area contributed by atoms with E-state index in [1.807, 2.05) is 11.0 Å². The molecule has 1 saturated heterocycles. The van der Waals surface area contributed by atoms with Crippen LogP contribution in [-0.4, -0.2) is 35.3 Å². The fourth-order valence-corrected chi connectivity index (χ4v) is 3.94. The van der Waals surface area contributed by atoms with E-state index in [2.05, 4.69) is 29.4 Å². The van der Waals surface area contributed by atoms with Crippen LogP contribution in [0.1, 0.15) is 70.3 Å². The Morgan fingerprint density at radius 3 is 2.71 bits per heavy atom. The van der Waals surface area contributed by atoms with E-state index < -0.39 is 6.09 Å². The number of hydrogen-bond acceptors (Lipinski definition) is 4. The quantitative estimate of drug-likeness (QED) is 0.508. The molecular formula is C22H33N3O3. The number of anilines is 1. The molecule has 0 saturated carbocycles. The van der Waals surface area contributed by atoms with Gasteiger partial charge in [0.05, 0.1) is 6.04 Å². The third kappa shape index (κ3) is 5.88. The fraction of sp³-hybridized carbons (Fsp3) is 0.636. The van der Waals surface area contributed by atoms with E-state index >= 15 is 0 Å². The van der Waals surface area contributed by atoms with Gasteiger partial charge in [-0.25, -0.2) is 4.79 Å². The highest BCUT2D eigenvalue weighted by atomic mass is 16.4. The Morgan fingerprint density at radius 1 is 1.21 bits per heavy atom.